The lowest BCUT2D eigenvalue weighted by atomic mass is 9.98. The zero-order valence-corrected chi connectivity index (χ0v) is 29.4. The third kappa shape index (κ3) is 12.3. The number of ether oxygens (including phenoxy) is 2. The normalized spacial score (nSPS) is 13.2. The van der Waals surface area contributed by atoms with Gasteiger partial charge in [0.15, 0.2) is 0 Å². The van der Waals surface area contributed by atoms with Crippen molar-refractivity contribution in [2.45, 2.75) is 83.7 Å². The summed E-state index contributed by atoms with van der Waals surface area (Å²) in [5, 5.41) is 25.5. The minimum Gasteiger partial charge on any atom is -0.508 e. The van der Waals surface area contributed by atoms with Gasteiger partial charge in [-0.3, -0.25) is 9.59 Å². The Morgan fingerprint density at radius 3 is 1.88 bits per heavy atom. The Hall–Kier alpha value is -5.34. The number of terminal acetylenes is 1. The van der Waals surface area contributed by atoms with Crippen molar-refractivity contribution in [2.75, 3.05) is 13.2 Å². The SMILES string of the molecule is C#Cc1ccc(C(C(=O)NC(Cc2ccccc2)C(=O)OC(C)(C)C)N(CCO)C(=O)C(Cc2ccc(O)cc2)NC(=O)OC(C)(C)C)cc1. The molecule has 0 bridgehead atoms. The molecule has 0 aliphatic heterocycles. The van der Waals surface area contributed by atoms with Gasteiger partial charge in [0.05, 0.1) is 6.61 Å². The van der Waals surface area contributed by atoms with E-state index in [2.05, 4.69) is 16.6 Å². The fourth-order valence-electron chi connectivity index (χ4n) is 5.09. The van der Waals surface area contributed by atoms with Crippen molar-refractivity contribution in [2.24, 2.45) is 0 Å². The third-order valence-electron chi connectivity index (χ3n) is 7.23. The highest BCUT2D eigenvalue weighted by atomic mass is 16.6. The zero-order chi connectivity index (χ0) is 37.1. The summed E-state index contributed by atoms with van der Waals surface area (Å²) >= 11 is 0. The standard InChI is InChI=1S/C39H47N3O8/c1-8-26-14-18-29(19-15-26)33(34(45)40-32(36(47)49-38(2,3)4)25-27-12-10-9-11-13-27)42(22-23-43)35(46)31(41-37(48)50-39(5,6)7)24-28-16-20-30(44)21-17-28/h1,9-21,31-33,43-44H,22-25H2,2-7H3,(H,40,45)(H,41,48). The van der Waals surface area contributed by atoms with Crippen LogP contribution in [0.2, 0.25) is 0 Å². The van der Waals surface area contributed by atoms with E-state index >= 15 is 0 Å². The van der Waals surface area contributed by atoms with Gasteiger partial charge in [-0.25, -0.2) is 9.59 Å². The fraction of sp³-hybridized carbons (Fsp3) is 0.385. The first kappa shape index (κ1) is 39.1. The lowest BCUT2D eigenvalue weighted by Gasteiger charge is -2.35. The average Bonchev–Trinajstić information content (AvgIpc) is 3.03. The number of rotatable bonds is 13. The van der Waals surface area contributed by atoms with Crippen LogP contribution in [0.3, 0.4) is 0 Å². The Balaban J connectivity index is 2.10. The van der Waals surface area contributed by atoms with Gasteiger partial charge >= 0.3 is 12.1 Å². The summed E-state index contributed by atoms with van der Waals surface area (Å²) in [7, 11) is 0. The molecule has 3 aromatic rings. The second kappa shape index (κ2) is 17.4. The van der Waals surface area contributed by atoms with Gasteiger partial charge in [-0.2, -0.15) is 0 Å². The molecule has 3 rings (SSSR count). The number of hydrogen-bond acceptors (Lipinski definition) is 8. The Morgan fingerprint density at radius 2 is 1.34 bits per heavy atom. The van der Waals surface area contributed by atoms with Gasteiger partial charge < -0.3 is 35.2 Å². The minimum absolute atomic E-state index is 0.0147. The number of nitrogens with one attached hydrogen (secondary N) is 2. The highest BCUT2D eigenvalue weighted by Crippen LogP contribution is 2.25. The van der Waals surface area contributed by atoms with Gasteiger partial charge in [0, 0.05) is 24.9 Å². The number of aliphatic hydroxyl groups is 1. The van der Waals surface area contributed by atoms with Crippen LogP contribution in [0.15, 0.2) is 78.9 Å². The number of carbonyl (C=O) groups is 4. The zero-order valence-electron chi connectivity index (χ0n) is 29.4. The number of esters is 1. The summed E-state index contributed by atoms with van der Waals surface area (Å²) in [6, 6.07) is 17.8. The van der Waals surface area contributed by atoms with Crippen LogP contribution in [0, 0.1) is 12.3 Å². The number of phenolic OH excluding ortho intramolecular Hbond substituents is 1. The molecule has 0 saturated heterocycles. The highest BCUT2D eigenvalue weighted by Gasteiger charge is 2.38. The van der Waals surface area contributed by atoms with Crippen molar-refractivity contribution in [1.29, 1.82) is 0 Å². The minimum atomic E-state index is -1.38. The van der Waals surface area contributed by atoms with E-state index in [1.54, 1.807) is 77.9 Å². The van der Waals surface area contributed by atoms with E-state index in [1.807, 2.05) is 30.3 Å². The molecule has 50 heavy (non-hydrogen) atoms. The molecule has 3 atom stereocenters. The quantitative estimate of drug-likeness (QED) is 0.152. The molecule has 3 aromatic carbocycles. The molecule has 11 heteroatoms. The van der Waals surface area contributed by atoms with E-state index in [0.717, 1.165) is 10.5 Å². The Bertz CT molecular complexity index is 1640. The molecule has 0 aliphatic rings. The molecule has 0 saturated carbocycles. The van der Waals surface area contributed by atoms with E-state index in [1.165, 1.54) is 12.1 Å². The van der Waals surface area contributed by atoms with Crippen LogP contribution in [0.5, 0.6) is 5.75 Å². The number of nitrogens with zero attached hydrogens (tertiary/aromatic N) is 1. The first-order chi connectivity index (χ1) is 23.5. The van der Waals surface area contributed by atoms with Crippen LogP contribution in [0.1, 0.15) is 69.8 Å². The second-order valence-corrected chi connectivity index (χ2v) is 13.8. The maximum absolute atomic E-state index is 14.5. The molecule has 3 amide bonds. The van der Waals surface area contributed by atoms with Gasteiger partial charge in [-0.15, -0.1) is 6.42 Å². The van der Waals surface area contributed by atoms with Crippen LogP contribution >= 0.6 is 0 Å². The smallest absolute Gasteiger partial charge is 0.408 e. The molecule has 4 N–H and O–H groups in total. The molecular formula is C39H47N3O8. The number of benzene rings is 3. The summed E-state index contributed by atoms with van der Waals surface area (Å²) in [5.74, 6) is 0.424. The summed E-state index contributed by atoms with van der Waals surface area (Å²) in [4.78, 5) is 56.6. The predicted molar refractivity (Wildman–Crippen MR) is 189 cm³/mol. The Kier molecular flexibility index (Phi) is 13.6. The van der Waals surface area contributed by atoms with Crippen molar-refractivity contribution in [3.63, 3.8) is 0 Å². The van der Waals surface area contributed by atoms with Gasteiger partial charge in [-0.1, -0.05) is 60.5 Å². The summed E-state index contributed by atoms with van der Waals surface area (Å²) in [5.41, 5.74) is 0.491. The van der Waals surface area contributed by atoms with Crippen molar-refractivity contribution in [3.05, 3.63) is 101 Å². The number of hydrogen-bond donors (Lipinski definition) is 4. The number of alkyl carbamates (subject to hydrolysis) is 1. The molecule has 0 fully saturated rings. The van der Waals surface area contributed by atoms with Gasteiger partial charge in [-0.05, 0) is 82.5 Å². The molecule has 266 valence electrons. The van der Waals surface area contributed by atoms with Crippen molar-refractivity contribution in [1.82, 2.24) is 15.5 Å². The Morgan fingerprint density at radius 1 is 0.780 bits per heavy atom. The number of aromatic hydroxyl groups is 1. The van der Waals surface area contributed by atoms with Crippen LogP contribution in [0.4, 0.5) is 4.79 Å². The van der Waals surface area contributed by atoms with Crippen LogP contribution in [-0.2, 0) is 36.7 Å². The van der Waals surface area contributed by atoms with Crippen molar-refractivity contribution < 1.29 is 38.9 Å². The maximum Gasteiger partial charge on any atom is 0.408 e. The topological polar surface area (TPSA) is 154 Å². The third-order valence-corrected chi connectivity index (χ3v) is 7.23. The molecule has 11 nitrogen and oxygen atoms in total. The van der Waals surface area contributed by atoms with E-state index in [4.69, 9.17) is 15.9 Å². The van der Waals surface area contributed by atoms with E-state index < -0.39 is 59.8 Å². The number of carbonyl (C=O) groups excluding carboxylic acids is 4. The van der Waals surface area contributed by atoms with Gasteiger partial charge in [0.2, 0.25) is 11.8 Å². The maximum atomic E-state index is 14.5. The average molecular weight is 686 g/mol. The number of amides is 3. The largest absolute Gasteiger partial charge is 0.508 e. The lowest BCUT2D eigenvalue weighted by molar-refractivity contribution is -0.159. The first-order valence-electron chi connectivity index (χ1n) is 16.3. The second-order valence-electron chi connectivity index (χ2n) is 13.8. The monoisotopic (exact) mass is 685 g/mol. The highest BCUT2D eigenvalue weighted by molar-refractivity contribution is 5.94. The van der Waals surface area contributed by atoms with Crippen molar-refractivity contribution in [3.8, 4) is 18.1 Å². The fourth-order valence-corrected chi connectivity index (χ4v) is 5.09. The van der Waals surface area contributed by atoms with E-state index in [0.29, 0.717) is 16.7 Å². The number of aliphatic hydroxyl groups excluding tert-OH is 1. The molecule has 0 radical (unpaired) electrons. The molecule has 0 aliphatic carbocycles. The summed E-state index contributed by atoms with van der Waals surface area (Å²) < 4.78 is 11.1. The molecular weight excluding hydrogens is 638 g/mol. The van der Waals surface area contributed by atoms with Gasteiger partial charge in [0.1, 0.15) is 35.1 Å². The van der Waals surface area contributed by atoms with E-state index in [9.17, 15) is 29.4 Å². The molecule has 0 aromatic heterocycles. The Labute approximate surface area is 294 Å². The van der Waals surface area contributed by atoms with Crippen molar-refractivity contribution >= 4 is 23.9 Å². The molecule has 3 unspecified atom stereocenters. The summed E-state index contributed by atoms with van der Waals surface area (Å²) in [6.45, 7) is 9.34. The van der Waals surface area contributed by atoms with Crippen LogP contribution in [-0.4, -0.2) is 75.4 Å². The first-order valence-corrected chi connectivity index (χ1v) is 16.3. The molecule has 0 spiro atoms. The van der Waals surface area contributed by atoms with Crippen LogP contribution in [0.25, 0.3) is 0 Å². The van der Waals surface area contributed by atoms with E-state index in [-0.39, 0.29) is 25.1 Å². The summed E-state index contributed by atoms with van der Waals surface area (Å²) in [6.07, 6.45) is 4.77. The van der Waals surface area contributed by atoms with Gasteiger partial charge in [0.25, 0.3) is 0 Å². The predicted octanol–water partition coefficient (Wildman–Crippen LogP) is 4.44. The molecule has 0 heterocycles. The van der Waals surface area contributed by atoms with Crippen LogP contribution < -0.4 is 10.6 Å². The number of phenols is 1. The lowest BCUT2D eigenvalue weighted by Crippen LogP contribution is -2.56.